The van der Waals surface area contributed by atoms with Crippen molar-refractivity contribution in [1.29, 1.82) is 0 Å². The second kappa shape index (κ2) is 6.23. The fraction of sp³-hybridized carbons (Fsp3) is 0.389. The number of aromatic nitrogens is 2. The molecule has 22 heavy (non-hydrogen) atoms. The molecule has 0 amide bonds. The molecule has 3 nitrogen and oxygen atoms in total. The van der Waals surface area contributed by atoms with Crippen LogP contribution >= 0.6 is 11.3 Å². The van der Waals surface area contributed by atoms with Crippen LogP contribution in [0.5, 0.6) is 0 Å². The number of fused-ring (bicyclic) bond motifs is 2. The molecule has 0 spiro atoms. The molecule has 0 bridgehead atoms. The molecule has 2 heterocycles. The SMILES string of the molecule is c1ccc2[nH]c(CNCCc3nc4c(s3)CCCC4)cc2c1. The first-order chi connectivity index (χ1) is 10.9. The highest BCUT2D eigenvalue weighted by Gasteiger charge is 2.14. The number of nitrogens with one attached hydrogen (secondary N) is 2. The molecule has 0 unspecified atom stereocenters. The van der Waals surface area contributed by atoms with Gasteiger partial charge in [-0.05, 0) is 43.2 Å². The molecule has 0 saturated heterocycles. The van der Waals surface area contributed by atoms with Crippen molar-refractivity contribution < 1.29 is 0 Å². The predicted molar refractivity (Wildman–Crippen MR) is 92.5 cm³/mol. The fourth-order valence-electron chi connectivity index (χ4n) is 3.16. The van der Waals surface area contributed by atoms with Crippen molar-refractivity contribution in [1.82, 2.24) is 15.3 Å². The zero-order chi connectivity index (χ0) is 14.8. The van der Waals surface area contributed by atoms with Gasteiger partial charge in [-0.15, -0.1) is 11.3 Å². The normalized spacial score (nSPS) is 14.4. The lowest BCUT2D eigenvalue weighted by atomic mass is 10.0. The van der Waals surface area contributed by atoms with E-state index in [-0.39, 0.29) is 0 Å². The van der Waals surface area contributed by atoms with Crippen LogP contribution in [0.3, 0.4) is 0 Å². The summed E-state index contributed by atoms with van der Waals surface area (Å²) in [6.07, 6.45) is 6.13. The predicted octanol–water partition coefficient (Wildman–Crippen LogP) is 3.84. The van der Waals surface area contributed by atoms with Crippen LogP contribution in [0, 0.1) is 0 Å². The summed E-state index contributed by atoms with van der Waals surface area (Å²) in [5.41, 5.74) is 3.84. The average Bonchev–Trinajstić information content (AvgIpc) is 3.14. The third-order valence-electron chi connectivity index (χ3n) is 4.31. The molecule has 3 aromatic rings. The van der Waals surface area contributed by atoms with E-state index in [2.05, 4.69) is 40.6 Å². The number of benzene rings is 1. The Bertz CT molecular complexity index is 715. The lowest BCUT2D eigenvalue weighted by Gasteiger charge is -2.06. The number of hydrogen-bond acceptors (Lipinski definition) is 3. The molecule has 0 atom stereocenters. The van der Waals surface area contributed by atoms with Gasteiger partial charge < -0.3 is 10.3 Å². The van der Waals surface area contributed by atoms with E-state index >= 15 is 0 Å². The van der Waals surface area contributed by atoms with Gasteiger partial charge >= 0.3 is 0 Å². The molecule has 2 N–H and O–H groups in total. The van der Waals surface area contributed by atoms with Crippen LogP contribution in [0.25, 0.3) is 10.9 Å². The Labute approximate surface area is 134 Å². The number of rotatable bonds is 5. The molecule has 1 aliphatic rings. The van der Waals surface area contributed by atoms with Crippen molar-refractivity contribution in [3.8, 4) is 0 Å². The van der Waals surface area contributed by atoms with Crippen molar-refractivity contribution in [2.45, 2.75) is 38.6 Å². The fourth-order valence-corrected chi connectivity index (χ4v) is 4.32. The minimum atomic E-state index is 0.889. The smallest absolute Gasteiger partial charge is 0.0943 e. The standard InChI is InChI=1S/C18H21N3S/c1-2-6-15-13(5-1)11-14(20-15)12-19-10-9-18-21-16-7-3-4-8-17(16)22-18/h1-2,5-6,11,19-20H,3-4,7-10,12H2. The highest BCUT2D eigenvalue weighted by Crippen LogP contribution is 2.26. The van der Waals surface area contributed by atoms with Gasteiger partial charge in [-0.2, -0.15) is 0 Å². The zero-order valence-electron chi connectivity index (χ0n) is 12.7. The minimum Gasteiger partial charge on any atom is -0.357 e. The Hall–Kier alpha value is -1.65. The maximum Gasteiger partial charge on any atom is 0.0943 e. The lowest BCUT2D eigenvalue weighted by Crippen LogP contribution is -2.16. The summed E-state index contributed by atoms with van der Waals surface area (Å²) in [4.78, 5) is 9.80. The topological polar surface area (TPSA) is 40.7 Å². The molecule has 0 radical (unpaired) electrons. The number of para-hydroxylation sites is 1. The van der Waals surface area contributed by atoms with E-state index in [4.69, 9.17) is 4.98 Å². The van der Waals surface area contributed by atoms with Crippen molar-refractivity contribution in [2.75, 3.05) is 6.54 Å². The van der Waals surface area contributed by atoms with Gasteiger partial charge in [0.05, 0.1) is 10.7 Å². The van der Waals surface area contributed by atoms with E-state index in [1.165, 1.54) is 57.9 Å². The maximum atomic E-state index is 4.80. The molecule has 0 fully saturated rings. The van der Waals surface area contributed by atoms with Crippen LogP contribution in [0.15, 0.2) is 30.3 Å². The van der Waals surface area contributed by atoms with E-state index in [0.717, 1.165) is 19.5 Å². The van der Waals surface area contributed by atoms with Gasteiger partial charge in [0.2, 0.25) is 0 Å². The summed E-state index contributed by atoms with van der Waals surface area (Å²) >= 11 is 1.93. The molecule has 0 saturated carbocycles. The molecule has 1 aromatic carbocycles. The Morgan fingerprint density at radius 1 is 1.18 bits per heavy atom. The van der Waals surface area contributed by atoms with Crippen molar-refractivity contribution in [2.24, 2.45) is 0 Å². The summed E-state index contributed by atoms with van der Waals surface area (Å²) in [6.45, 7) is 1.88. The van der Waals surface area contributed by atoms with Crippen molar-refractivity contribution in [3.63, 3.8) is 0 Å². The summed E-state index contributed by atoms with van der Waals surface area (Å²) in [7, 11) is 0. The highest BCUT2D eigenvalue weighted by molar-refractivity contribution is 7.11. The third-order valence-corrected chi connectivity index (χ3v) is 5.52. The molecule has 1 aliphatic carbocycles. The van der Waals surface area contributed by atoms with Gasteiger partial charge in [0.15, 0.2) is 0 Å². The molecule has 2 aromatic heterocycles. The largest absolute Gasteiger partial charge is 0.357 e. The van der Waals surface area contributed by atoms with Crippen molar-refractivity contribution in [3.05, 3.63) is 51.6 Å². The second-order valence-corrected chi connectivity index (χ2v) is 7.16. The van der Waals surface area contributed by atoms with Crippen LogP contribution in [0.1, 0.15) is 34.1 Å². The van der Waals surface area contributed by atoms with E-state index < -0.39 is 0 Å². The van der Waals surface area contributed by atoms with E-state index in [0.29, 0.717) is 0 Å². The van der Waals surface area contributed by atoms with Gasteiger partial charge in [0, 0.05) is 35.6 Å². The van der Waals surface area contributed by atoms with Crippen LogP contribution < -0.4 is 5.32 Å². The molecular weight excluding hydrogens is 290 g/mol. The lowest BCUT2D eigenvalue weighted by molar-refractivity contribution is 0.666. The Kier molecular flexibility index (Phi) is 3.95. The molecular formula is C18H21N3S. The number of H-pyrrole nitrogens is 1. The first-order valence-electron chi connectivity index (χ1n) is 8.13. The van der Waals surface area contributed by atoms with Crippen LogP contribution in [0.4, 0.5) is 0 Å². The molecule has 114 valence electrons. The zero-order valence-corrected chi connectivity index (χ0v) is 13.5. The first kappa shape index (κ1) is 14.0. The molecule has 4 rings (SSSR count). The number of nitrogens with zero attached hydrogens (tertiary/aromatic N) is 1. The quantitative estimate of drug-likeness (QED) is 0.703. The summed E-state index contributed by atoms with van der Waals surface area (Å²) in [6, 6.07) is 10.6. The Morgan fingerprint density at radius 3 is 3.00 bits per heavy atom. The van der Waals surface area contributed by atoms with E-state index in [9.17, 15) is 0 Å². The highest BCUT2D eigenvalue weighted by atomic mass is 32.1. The number of thiazole rings is 1. The number of aromatic amines is 1. The van der Waals surface area contributed by atoms with Gasteiger partial charge in [0.25, 0.3) is 0 Å². The summed E-state index contributed by atoms with van der Waals surface area (Å²) < 4.78 is 0. The number of hydrogen-bond donors (Lipinski definition) is 2. The van der Waals surface area contributed by atoms with Crippen LogP contribution in [-0.4, -0.2) is 16.5 Å². The van der Waals surface area contributed by atoms with Crippen LogP contribution in [-0.2, 0) is 25.8 Å². The monoisotopic (exact) mass is 311 g/mol. The van der Waals surface area contributed by atoms with Gasteiger partial charge in [-0.3, -0.25) is 0 Å². The van der Waals surface area contributed by atoms with Gasteiger partial charge in [-0.25, -0.2) is 4.98 Å². The van der Waals surface area contributed by atoms with Gasteiger partial charge in [-0.1, -0.05) is 18.2 Å². The first-order valence-corrected chi connectivity index (χ1v) is 8.95. The van der Waals surface area contributed by atoms with Crippen LogP contribution in [0.2, 0.25) is 0 Å². The van der Waals surface area contributed by atoms with Gasteiger partial charge in [0.1, 0.15) is 0 Å². The van der Waals surface area contributed by atoms with E-state index in [1.807, 2.05) is 11.3 Å². The maximum absolute atomic E-state index is 4.80. The average molecular weight is 311 g/mol. The summed E-state index contributed by atoms with van der Waals surface area (Å²) in [5, 5.41) is 6.11. The Morgan fingerprint density at radius 2 is 2.09 bits per heavy atom. The van der Waals surface area contributed by atoms with E-state index in [1.54, 1.807) is 0 Å². The molecule has 0 aliphatic heterocycles. The minimum absolute atomic E-state index is 0.889. The Balaban J connectivity index is 1.30. The summed E-state index contributed by atoms with van der Waals surface area (Å²) in [5.74, 6) is 0. The van der Waals surface area contributed by atoms with Crippen molar-refractivity contribution >= 4 is 22.2 Å². The second-order valence-electron chi connectivity index (χ2n) is 5.99. The number of aryl methyl sites for hydroxylation is 2. The molecule has 4 heteroatoms. The third kappa shape index (κ3) is 2.94.